The van der Waals surface area contributed by atoms with Gasteiger partial charge in [-0.3, -0.25) is 4.90 Å². The highest BCUT2D eigenvalue weighted by molar-refractivity contribution is 4.93. The van der Waals surface area contributed by atoms with Gasteiger partial charge >= 0.3 is 0 Å². The predicted molar refractivity (Wildman–Crippen MR) is 78.9 cm³/mol. The van der Waals surface area contributed by atoms with Gasteiger partial charge in [-0.1, -0.05) is 25.7 Å². The summed E-state index contributed by atoms with van der Waals surface area (Å²) in [5, 5.41) is 3.37. The van der Waals surface area contributed by atoms with Crippen molar-refractivity contribution in [2.24, 2.45) is 5.92 Å². The number of rotatable bonds is 3. The van der Waals surface area contributed by atoms with E-state index in [0.717, 1.165) is 12.0 Å². The average Bonchev–Trinajstić information content (AvgIpc) is 2.60. The molecule has 1 saturated heterocycles. The van der Waals surface area contributed by atoms with E-state index in [1.54, 1.807) is 0 Å². The Bertz CT molecular complexity index is 241. The molecule has 1 heterocycles. The zero-order valence-electron chi connectivity index (χ0n) is 12.7. The molecular formula is C16H32N2. The second kappa shape index (κ2) is 6.38. The number of nitrogens with zero attached hydrogens (tertiary/aromatic N) is 1. The van der Waals surface area contributed by atoms with Crippen LogP contribution in [-0.4, -0.2) is 36.6 Å². The number of piperidine rings is 1. The highest BCUT2D eigenvalue weighted by Gasteiger charge is 2.37. The van der Waals surface area contributed by atoms with E-state index in [1.165, 1.54) is 64.5 Å². The summed E-state index contributed by atoms with van der Waals surface area (Å²) in [6.45, 7) is 7.44. The minimum Gasteiger partial charge on any atom is -0.319 e. The van der Waals surface area contributed by atoms with Gasteiger partial charge in [-0.25, -0.2) is 0 Å². The van der Waals surface area contributed by atoms with Crippen LogP contribution in [0.3, 0.4) is 0 Å². The van der Waals surface area contributed by atoms with Crippen molar-refractivity contribution in [2.45, 2.75) is 76.8 Å². The molecule has 0 amide bonds. The molecule has 2 rings (SSSR count). The summed E-state index contributed by atoms with van der Waals surface area (Å²) in [6.07, 6.45) is 11.5. The Morgan fingerprint density at radius 2 is 1.72 bits per heavy atom. The molecule has 1 aliphatic heterocycles. The summed E-state index contributed by atoms with van der Waals surface area (Å²) < 4.78 is 0. The average molecular weight is 252 g/mol. The van der Waals surface area contributed by atoms with Crippen molar-refractivity contribution in [1.29, 1.82) is 0 Å². The summed E-state index contributed by atoms with van der Waals surface area (Å²) in [7, 11) is 2.09. The van der Waals surface area contributed by atoms with E-state index < -0.39 is 0 Å². The maximum absolute atomic E-state index is 3.37. The van der Waals surface area contributed by atoms with Crippen molar-refractivity contribution >= 4 is 0 Å². The zero-order valence-corrected chi connectivity index (χ0v) is 12.7. The zero-order chi connectivity index (χ0) is 13.0. The quantitative estimate of drug-likeness (QED) is 0.774. The molecule has 1 atom stereocenters. The highest BCUT2D eigenvalue weighted by Crippen LogP contribution is 2.35. The Hall–Kier alpha value is -0.0800. The fraction of sp³-hybridized carbons (Fsp3) is 1.00. The fourth-order valence-corrected chi connectivity index (χ4v) is 3.99. The topological polar surface area (TPSA) is 15.3 Å². The minimum absolute atomic E-state index is 0.430. The highest BCUT2D eigenvalue weighted by atomic mass is 15.2. The van der Waals surface area contributed by atoms with Gasteiger partial charge in [-0.05, 0) is 59.0 Å². The minimum atomic E-state index is 0.430. The third kappa shape index (κ3) is 3.48. The molecular weight excluding hydrogens is 220 g/mol. The van der Waals surface area contributed by atoms with Crippen LogP contribution in [-0.2, 0) is 0 Å². The van der Waals surface area contributed by atoms with Gasteiger partial charge in [0.1, 0.15) is 0 Å². The summed E-state index contributed by atoms with van der Waals surface area (Å²) in [5.41, 5.74) is 0.430. The molecule has 106 valence electrons. The first-order valence-corrected chi connectivity index (χ1v) is 8.05. The molecule has 2 aliphatic rings. The van der Waals surface area contributed by atoms with E-state index in [0.29, 0.717) is 5.54 Å². The molecule has 0 aromatic carbocycles. The molecule has 1 aliphatic carbocycles. The summed E-state index contributed by atoms with van der Waals surface area (Å²) in [4.78, 5) is 2.86. The van der Waals surface area contributed by atoms with Gasteiger partial charge in [0.25, 0.3) is 0 Å². The molecule has 0 aromatic heterocycles. The molecule has 0 aromatic rings. The maximum atomic E-state index is 3.37. The molecule has 1 N–H and O–H groups in total. The van der Waals surface area contributed by atoms with Gasteiger partial charge in [0, 0.05) is 18.1 Å². The lowest BCUT2D eigenvalue weighted by Crippen LogP contribution is -2.56. The van der Waals surface area contributed by atoms with Crippen molar-refractivity contribution in [3.63, 3.8) is 0 Å². The van der Waals surface area contributed by atoms with E-state index >= 15 is 0 Å². The van der Waals surface area contributed by atoms with E-state index in [2.05, 4.69) is 31.1 Å². The maximum Gasteiger partial charge on any atom is 0.0156 e. The fourth-order valence-electron chi connectivity index (χ4n) is 3.99. The van der Waals surface area contributed by atoms with Crippen LogP contribution in [0.15, 0.2) is 0 Å². The first kappa shape index (κ1) is 14.3. The lowest BCUT2D eigenvalue weighted by atomic mass is 9.82. The summed E-state index contributed by atoms with van der Waals surface area (Å²) in [5.74, 6) is 0.867. The van der Waals surface area contributed by atoms with E-state index in [1.807, 2.05) is 0 Å². The van der Waals surface area contributed by atoms with Crippen LogP contribution in [0.4, 0.5) is 0 Å². The van der Waals surface area contributed by atoms with Gasteiger partial charge in [-0.15, -0.1) is 0 Å². The van der Waals surface area contributed by atoms with Crippen molar-refractivity contribution in [1.82, 2.24) is 10.2 Å². The standard InChI is InChI=1S/C16H32N2/c1-16(2)11-10-14(12-17-3)13-18(16)15-8-6-4-5-7-9-15/h14-15,17H,4-13H2,1-3H3. The van der Waals surface area contributed by atoms with Gasteiger partial charge < -0.3 is 5.32 Å². The third-order valence-electron chi connectivity index (χ3n) is 5.16. The molecule has 1 unspecified atom stereocenters. The van der Waals surface area contributed by atoms with Crippen molar-refractivity contribution < 1.29 is 0 Å². The Kier molecular flexibility index (Phi) is 5.08. The van der Waals surface area contributed by atoms with Crippen LogP contribution < -0.4 is 5.32 Å². The Morgan fingerprint density at radius 3 is 2.33 bits per heavy atom. The third-order valence-corrected chi connectivity index (χ3v) is 5.16. The monoisotopic (exact) mass is 252 g/mol. The second-order valence-corrected chi connectivity index (χ2v) is 7.07. The van der Waals surface area contributed by atoms with Crippen molar-refractivity contribution in [2.75, 3.05) is 20.1 Å². The lowest BCUT2D eigenvalue weighted by Gasteiger charge is -2.49. The second-order valence-electron chi connectivity index (χ2n) is 7.07. The smallest absolute Gasteiger partial charge is 0.0156 e. The number of likely N-dealkylation sites (tertiary alicyclic amines) is 1. The predicted octanol–water partition coefficient (Wildman–Crippen LogP) is 3.42. The van der Waals surface area contributed by atoms with Crippen LogP contribution in [0.1, 0.15) is 65.2 Å². The Morgan fingerprint density at radius 1 is 1.06 bits per heavy atom. The van der Waals surface area contributed by atoms with Crippen molar-refractivity contribution in [3.05, 3.63) is 0 Å². The normalized spacial score (nSPS) is 31.2. The first-order valence-electron chi connectivity index (χ1n) is 8.05. The summed E-state index contributed by atoms with van der Waals surface area (Å²) >= 11 is 0. The van der Waals surface area contributed by atoms with Crippen LogP contribution in [0.25, 0.3) is 0 Å². The Balaban J connectivity index is 2.00. The molecule has 0 spiro atoms. The molecule has 18 heavy (non-hydrogen) atoms. The molecule has 2 nitrogen and oxygen atoms in total. The number of hydrogen-bond donors (Lipinski definition) is 1. The molecule has 2 fully saturated rings. The van der Waals surface area contributed by atoms with E-state index in [-0.39, 0.29) is 0 Å². The SMILES string of the molecule is CNCC1CCC(C)(C)N(C2CCCCCC2)C1. The molecule has 2 heteroatoms. The first-order chi connectivity index (χ1) is 8.63. The molecule has 1 saturated carbocycles. The van der Waals surface area contributed by atoms with Gasteiger partial charge in [0.15, 0.2) is 0 Å². The van der Waals surface area contributed by atoms with Gasteiger partial charge in [-0.2, -0.15) is 0 Å². The van der Waals surface area contributed by atoms with E-state index in [9.17, 15) is 0 Å². The molecule has 0 bridgehead atoms. The van der Waals surface area contributed by atoms with Gasteiger partial charge in [0.05, 0.1) is 0 Å². The van der Waals surface area contributed by atoms with Crippen LogP contribution in [0, 0.1) is 5.92 Å². The van der Waals surface area contributed by atoms with E-state index in [4.69, 9.17) is 0 Å². The van der Waals surface area contributed by atoms with Crippen molar-refractivity contribution in [3.8, 4) is 0 Å². The Labute approximate surface area is 114 Å². The number of nitrogens with one attached hydrogen (secondary N) is 1. The van der Waals surface area contributed by atoms with Crippen LogP contribution >= 0.6 is 0 Å². The lowest BCUT2D eigenvalue weighted by molar-refractivity contribution is 0.00189. The largest absolute Gasteiger partial charge is 0.319 e. The summed E-state index contributed by atoms with van der Waals surface area (Å²) in [6, 6.07) is 0.863. The number of hydrogen-bond acceptors (Lipinski definition) is 2. The molecule has 0 radical (unpaired) electrons. The van der Waals surface area contributed by atoms with Crippen LogP contribution in [0.2, 0.25) is 0 Å². The van der Waals surface area contributed by atoms with Gasteiger partial charge in [0.2, 0.25) is 0 Å². The van der Waals surface area contributed by atoms with Crippen LogP contribution in [0.5, 0.6) is 0 Å².